The number of fused-ring (bicyclic) bond motifs is 1. The maximum Gasteiger partial charge on any atom is 0.122 e. The first-order valence-corrected chi connectivity index (χ1v) is 5.15. The summed E-state index contributed by atoms with van der Waals surface area (Å²) >= 11 is 0. The third-order valence-corrected chi connectivity index (χ3v) is 3.53. The molecular weight excluding hydrogens is 176 g/mol. The van der Waals surface area contributed by atoms with Crippen LogP contribution in [0.3, 0.4) is 0 Å². The Kier molecular flexibility index (Phi) is 1.95. The van der Waals surface area contributed by atoms with Gasteiger partial charge in [-0.1, -0.05) is 38.1 Å². The molecule has 0 heterocycles. The second kappa shape index (κ2) is 2.81. The normalized spacial score (nSPS) is 34.9. The molecule has 1 aromatic carbocycles. The first-order valence-electron chi connectivity index (χ1n) is 5.15. The maximum atomic E-state index is 10.3. The largest absolute Gasteiger partial charge is 0.382 e. The molecule has 14 heavy (non-hydrogen) atoms. The lowest BCUT2D eigenvalue weighted by atomic mass is 9.58. The fourth-order valence-electron chi connectivity index (χ4n) is 2.55. The Morgan fingerprint density at radius 1 is 0.929 bits per heavy atom. The summed E-state index contributed by atoms with van der Waals surface area (Å²) in [5.41, 5.74) is -0.324. The van der Waals surface area contributed by atoms with E-state index in [0.717, 1.165) is 11.1 Å². The van der Waals surface area contributed by atoms with Gasteiger partial charge in [-0.3, -0.25) is 0 Å². The van der Waals surface area contributed by atoms with Crippen LogP contribution in [0, 0.1) is 0 Å². The van der Waals surface area contributed by atoms with Crippen LogP contribution in [0.1, 0.15) is 37.8 Å². The molecule has 0 aliphatic heterocycles. The van der Waals surface area contributed by atoms with Crippen LogP contribution in [0.15, 0.2) is 24.3 Å². The van der Waals surface area contributed by atoms with Crippen LogP contribution in [0.4, 0.5) is 0 Å². The van der Waals surface area contributed by atoms with E-state index in [1.165, 1.54) is 0 Å². The predicted molar refractivity (Wildman–Crippen MR) is 54.8 cm³/mol. The van der Waals surface area contributed by atoms with Gasteiger partial charge in [0.15, 0.2) is 0 Å². The van der Waals surface area contributed by atoms with Crippen LogP contribution in [0.25, 0.3) is 0 Å². The molecule has 0 radical (unpaired) electrons. The monoisotopic (exact) mass is 192 g/mol. The zero-order valence-corrected chi connectivity index (χ0v) is 8.62. The highest BCUT2D eigenvalue weighted by Gasteiger charge is 2.59. The summed E-state index contributed by atoms with van der Waals surface area (Å²) in [5.74, 6) is 0. The molecule has 1 aromatic rings. The molecular formula is C12H16O2. The summed E-state index contributed by atoms with van der Waals surface area (Å²) in [5, 5.41) is 20.7. The molecule has 2 heteroatoms. The lowest BCUT2D eigenvalue weighted by Crippen LogP contribution is -2.58. The lowest BCUT2D eigenvalue weighted by molar-refractivity contribution is -0.199. The van der Waals surface area contributed by atoms with Gasteiger partial charge in [0.2, 0.25) is 0 Å². The molecule has 1 aliphatic carbocycles. The van der Waals surface area contributed by atoms with Crippen molar-refractivity contribution in [1.82, 2.24) is 0 Å². The summed E-state index contributed by atoms with van der Waals surface area (Å²) in [4.78, 5) is 0. The second-order valence-corrected chi connectivity index (χ2v) is 3.97. The van der Waals surface area contributed by atoms with E-state index in [2.05, 4.69) is 0 Å². The molecule has 0 spiro atoms. The van der Waals surface area contributed by atoms with Gasteiger partial charge in [0, 0.05) is 0 Å². The van der Waals surface area contributed by atoms with Crippen molar-refractivity contribution in [1.29, 1.82) is 0 Å². The third-order valence-electron chi connectivity index (χ3n) is 3.53. The highest BCUT2D eigenvalue weighted by atomic mass is 16.4. The Morgan fingerprint density at radius 3 is 1.57 bits per heavy atom. The average Bonchev–Trinajstić information content (AvgIpc) is 2.26. The molecule has 0 fully saturated rings. The topological polar surface area (TPSA) is 40.5 Å². The van der Waals surface area contributed by atoms with E-state index >= 15 is 0 Å². The summed E-state index contributed by atoms with van der Waals surface area (Å²) in [6.45, 7) is 3.80. The number of rotatable bonds is 2. The van der Waals surface area contributed by atoms with Gasteiger partial charge in [-0.25, -0.2) is 0 Å². The van der Waals surface area contributed by atoms with Crippen molar-refractivity contribution in [2.24, 2.45) is 0 Å². The minimum Gasteiger partial charge on any atom is -0.382 e. The highest BCUT2D eigenvalue weighted by Crippen LogP contribution is 2.56. The van der Waals surface area contributed by atoms with Crippen molar-refractivity contribution in [3.8, 4) is 0 Å². The zero-order valence-electron chi connectivity index (χ0n) is 8.62. The quantitative estimate of drug-likeness (QED) is 0.751. The van der Waals surface area contributed by atoms with Gasteiger partial charge in [0.25, 0.3) is 0 Å². The van der Waals surface area contributed by atoms with Crippen LogP contribution >= 0.6 is 0 Å². The minimum atomic E-state index is -1.04. The van der Waals surface area contributed by atoms with Crippen molar-refractivity contribution in [3.05, 3.63) is 35.4 Å². The van der Waals surface area contributed by atoms with E-state index in [-0.39, 0.29) is 0 Å². The maximum absolute atomic E-state index is 10.3. The van der Waals surface area contributed by atoms with Crippen LogP contribution in [0.2, 0.25) is 0 Å². The molecule has 0 bridgehead atoms. The molecule has 1 aliphatic rings. The second-order valence-electron chi connectivity index (χ2n) is 3.97. The zero-order chi connectivity index (χ0) is 10.4. The standard InChI is InChI=1S/C12H16O2/c1-3-11(13)9-7-5-6-8-10(9)12(11,14)4-2/h5-8,13-14H,3-4H2,1-2H3. The van der Waals surface area contributed by atoms with Gasteiger partial charge in [-0.05, 0) is 24.0 Å². The highest BCUT2D eigenvalue weighted by molar-refractivity contribution is 5.50. The van der Waals surface area contributed by atoms with Crippen molar-refractivity contribution < 1.29 is 10.2 Å². The molecule has 2 unspecified atom stereocenters. The van der Waals surface area contributed by atoms with Crippen molar-refractivity contribution in [2.75, 3.05) is 0 Å². The van der Waals surface area contributed by atoms with Gasteiger partial charge in [-0.2, -0.15) is 0 Å². The van der Waals surface area contributed by atoms with E-state index in [4.69, 9.17) is 0 Å². The van der Waals surface area contributed by atoms with Gasteiger partial charge in [0.05, 0.1) is 0 Å². The number of hydrogen-bond donors (Lipinski definition) is 2. The molecule has 0 aromatic heterocycles. The summed E-state index contributed by atoms with van der Waals surface area (Å²) in [6.07, 6.45) is 1.10. The SMILES string of the molecule is CCC1(O)c2ccccc2C1(O)CC. The molecule has 0 saturated carbocycles. The number of hydrogen-bond acceptors (Lipinski definition) is 2. The average molecular weight is 192 g/mol. The Morgan fingerprint density at radius 2 is 1.29 bits per heavy atom. The van der Waals surface area contributed by atoms with E-state index in [0.29, 0.717) is 12.8 Å². The van der Waals surface area contributed by atoms with Crippen molar-refractivity contribution in [2.45, 2.75) is 37.9 Å². The van der Waals surface area contributed by atoms with E-state index in [9.17, 15) is 10.2 Å². The fraction of sp³-hybridized carbons (Fsp3) is 0.500. The predicted octanol–water partition coefficient (Wildman–Crippen LogP) is 1.90. The summed E-state index contributed by atoms with van der Waals surface area (Å²) in [6, 6.07) is 7.58. The van der Waals surface area contributed by atoms with E-state index < -0.39 is 11.2 Å². The first-order chi connectivity index (χ1) is 6.60. The van der Waals surface area contributed by atoms with Crippen molar-refractivity contribution in [3.63, 3.8) is 0 Å². The molecule has 2 rings (SSSR count). The fourth-order valence-corrected chi connectivity index (χ4v) is 2.55. The molecule has 2 atom stereocenters. The Labute approximate surface area is 84.2 Å². The van der Waals surface area contributed by atoms with Crippen LogP contribution in [-0.2, 0) is 11.2 Å². The van der Waals surface area contributed by atoms with Gasteiger partial charge >= 0.3 is 0 Å². The number of aliphatic hydroxyl groups is 2. The summed E-state index contributed by atoms with van der Waals surface area (Å²) < 4.78 is 0. The van der Waals surface area contributed by atoms with E-state index in [1.54, 1.807) is 0 Å². The Hall–Kier alpha value is -0.860. The molecule has 76 valence electrons. The summed E-state index contributed by atoms with van der Waals surface area (Å²) in [7, 11) is 0. The molecule has 2 N–H and O–H groups in total. The third kappa shape index (κ3) is 0.830. The van der Waals surface area contributed by atoms with Gasteiger partial charge < -0.3 is 10.2 Å². The van der Waals surface area contributed by atoms with Gasteiger partial charge in [-0.15, -0.1) is 0 Å². The molecule has 0 saturated heterocycles. The minimum absolute atomic E-state index is 0.550. The van der Waals surface area contributed by atoms with Gasteiger partial charge in [0.1, 0.15) is 11.2 Å². The Bertz CT molecular complexity index is 326. The van der Waals surface area contributed by atoms with Crippen LogP contribution < -0.4 is 0 Å². The molecule has 0 amide bonds. The molecule has 2 nitrogen and oxygen atoms in total. The van der Waals surface area contributed by atoms with Crippen LogP contribution in [0.5, 0.6) is 0 Å². The van der Waals surface area contributed by atoms with E-state index in [1.807, 2.05) is 38.1 Å². The first kappa shape index (κ1) is 9.69. The van der Waals surface area contributed by atoms with Crippen LogP contribution in [-0.4, -0.2) is 10.2 Å². The smallest absolute Gasteiger partial charge is 0.122 e. The number of benzene rings is 1. The lowest BCUT2D eigenvalue weighted by Gasteiger charge is -2.53. The van der Waals surface area contributed by atoms with Crippen molar-refractivity contribution >= 4 is 0 Å². The Balaban J connectivity index is 2.58.